The first-order valence-corrected chi connectivity index (χ1v) is 9.27. The number of carbonyl (C=O) groups excluding carboxylic acids is 1. The third-order valence-corrected chi connectivity index (χ3v) is 5.46. The molecule has 0 aromatic heterocycles. The highest BCUT2D eigenvalue weighted by atomic mass is 32.2. The normalized spacial score (nSPS) is 16.0. The molecule has 0 saturated heterocycles. The second-order valence-electron chi connectivity index (χ2n) is 6.25. The van der Waals surface area contributed by atoms with E-state index in [1.807, 2.05) is 30.3 Å². The molecule has 2 aromatic rings. The summed E-state index contributed by atoms with van der Waals surface area (Å²) in [4.78, 5) is 13.5. The van der Waals surface area contributed by atoms with Crippen molar-refractivity contribution in [1.82, 2.24) is 5.32 Å². The second-order valence-corrected chi connectivity index (χ2v) is 7.49. The highest BCUT2D eigenvalue weighted by Gasteiger charge is 2.27. The predicted molar refractivity (Wildman–Crippen MR) is 98.8 cm³/mol. The topological polar surface area (TPSA) is 38.3 Å². The quantitative estimate of drug-likeness (QED) is 0.807. The van der Waals surface area contributed by atoms with Gasteiger partial charge >= 0.3 is 0 Å². The van der Waals surface area contributed by atoms with Crippen LogP contribution in [-0.2, 0) is 11.2 Å². The van der Waals surface area contributed by atoms with E-state index < -0.39 is 0 Å². The van der Waals surface area contributed by atoms with Gasteiger partial charge in [0.05, 0.1) is 11.8 Å². The number of para-hydroxylation sites is 1. The molecular weight excluding hydrogens is 318 g/mol. The zero-order chi connectivity index (χ0) is 16.9. The van der Waals surface area contributed by atoms with Crippen molar-refractivity contribution in [3.8, 4) is 5.75 Å². The van der Waals surface area contributed by atoms with E-state index in [9.17, 15) is 4.79 Å². The van der Waals surface area contributed by atoms with Crippen LogP contribution in [0.15, 0.2) is 53.4 Å². The van der Waals surface area contributed by atoms with Gasteiger partial charge in [0.25, 0.3) is 0 Å². The van der Waals surface area contributed by atoms with Gasteiger partial charge in [-0.1, -0.05) is 50.2 Å². The number of thioether (sulfide) groups is 1. The Balaban J connectivity index is 1.45. The van der Waals surface area contributed by atoms with E-state index >= 15 is 0 Å². The van der Waals surface area contributed by atoms with Crippen LogP contribution in [0.3, 0.4) is 0 Å². The van der Waals surface area contributed by atoms with Gasteiger partial charge in [0.15, 0.2) is 0 Å². The Morgan fingerprint density at radius 2 is 1.96 bits per heavy atom. The number of hydrogen-bond donors (Lipinski definition) is 1. The molecule has 0 saturated carbocycles. The van der Waals surface area contributed by atoms with Crippen molar-refractivity contribution in [2.45, 2.75) is 36.3 Å². The lowest BCUT2D eigenvalue weighted by Crippen LogP contribution is -2.35. The van der Waals surface area contributed by atoms with Gasteiger partial charge in [-0.2, -0.15) is 0 Å². The molecule has 3 rings (SSSR count). The maximum Gasteiger partial charge on any atom is 0.233 e. The van der Waals surface area contributed by atoms with Crippen LogP contribution in [0, 0.1) is 0 Å². The van der Waals surface area contributed by atoms with Gasteiger partial charge in [0.2, 0.25) is 5.91 Å². The van der Waals surface area contributed by atoms with Crippen molar-refractivity contribution >= 4 is 17.7 Å². The first-order valence-electron chi connectivity index (χ1n) is 8.39. The zero-order valence-electron chi connectivity index (χ0n) is 14.1. The summed E-state index contributed by atoms with van der Waals surface area (Å²) >= 11 is 1.65. The molecule has 1 aliphatic heterocycles. The fourth-order valence-electron chi connectivity index (χ4n) is 2.87. The molecule has 0 spiro atoms. The first kappa shape index (κ1) is 16.9. The molecule has 0 radical (unpaired) electrons. The van der Waals surface area contributed by atoms with Crippen LogP contribution in [0.2, 0.25) is 0 Å². The highest BCUT2D eigenvalue weighted by molar-refractivity contribution is 8.01. The van der Waals surface area contributed by atoms with Gasteiger partial charge in [-0.25, -0.2) is 0 Å². The third kappa shape index (κ3) is 3.93. The van der Waals surface area contributed by atoms with Crippen LogP contribution in [0.25, 0.3) is 0 Å². The summed E-state index contributed by atoms with van der Waals surface area (Å²) in [6.07, 6.45) is 0.809. The fourth-order valence-corrected chi connectivity index (χ4v) is 4.09. The lowest BCUT2D eigenvalue weighted by Gasteiger charge is -2.15. The largest absolute Gasteiger partial charge is 0.491 e. The average Bonchev–Trinajstić information content (AvgIpc) is 3.03. The Kier molecular flexibility index (Phi) is 5.46. The number of carbonyl (C=O) groups is 1. The Labute approximate surface area is 147 Å². The van der Waals surface area contributed by atoms with Crippen LogP contribution in [0.5, 0.6) is 5.75 Å². The monoisotopic (exact) mass is 341 g/mol. The van der Waals surface area contributed by atoms with E-state index in [0.717, 1.165) is 12.2 Å². The smallest absolute Gasteiger partial charge is 0.233 e. The molecule has 1 amide bonds. The summed E-state index contributed by atoms with van der Waals surface area (Å²) in [5.74, 6) is 1.42. The molecule has 4 heteroatoms. The van der Waals surface area contributed by atoms with Crippen molar-refractivity contribution in [2.24, 2.45) is 0 Å². The molecule has 2 aromatic carbocycles. The molecule has 0 bridgehead atoms. The summed E-state index contributed by atoms with van der Waals surface area (Å²) in [5, 5.41) is 2.97. The van der Waals surface area contributed by atoms with Gasteiger partial charge < -0.3 is 10.1 Å². The van der Waals surface area contributed by atoms with Crippen LogP contribution in [0.4, 0.5) is 0 Å². The van der Waals surface area contributed by atoms with E-state index in [2.05, 4.69) is 37.4 Å². The first-order chi connectivity index (χ1) is 11.6. The Morgan fingerprint density at radius 1 is 1.21 bits per heavy atom. The minimum absolute atomic E-state index is 0.0228. The molecule has 1 N–H and O–H groups in total. The van der Waals surface area contributed by atoms with Gasteiger partial charge in [0.1, 0.15) is 12.4 Å². The Bertz CT molecular complexity index is 689. The molecule has 3 nitrogen and oxygen atoms in total. The number of rotatable bonds is 6. The standard InChI is InChI=1S/C20H23NO2S/c1-14(2)16-8-4-5-9-17(16)23-12-11-21-20(22)19-13-15-7-3-6-10-18(15)24-19/h3-10,14,19H,11-13H2,1-2H3,(H,21,22). The molecule has 0 fully saturated rings. The third-order valence-electron chi connectivity index (χ3n) is 4.14. The molecule has 1 atom stereocenters. The molecule has 1 aliphatic rings. The SMILES string of the molecule is CC(C)c1ccccc1OCCNC(=O)C1Cc2ccccc2S1. The number of nitrogens with one attached hydrogen (secondary N) is 1. The van der Waals surface area contributed by atoms with Gasteiger partial charge in [0, 0.05) is 4.90 Å². The van der Waals surface area contributed by atoms with E-state index in [4.69, 9.17) is 4.74 Å². The van der Waals surface area contributed by atoms with Crippen LogP contribution < -0.4 is 10.1 Å². The van der Waals surface area contributed by atoms with Gasteiger partial charge in [-0.15, -0.1) is 11.8 Å². The maximum absolute atomic E-state index is 12.3. The van der Waals surface area contributed by atoms with Crippen molar-refractivity contribution in [3.63, 3.8) is 0 Å². The maximum atomic E-state index is 12.3. The van der Waals surface area contributed by atoms with Gasteiger partial charge in [-0.05, 0) is 35.6 Å². The second kappa shape index (κ2) is 7.75. The van der Waals surface area contributed by atoms with E-state index in [0.29, 0.717) is 19.1 Å². The lowest BCUT2D eigenvalue weighted by atomic mass is 10.0. The summed E-state index contributed by atoms with van der Waals surface area (Å²) in [6.45, 7) is 5.32. The summed E-state index contributed by atoms with van der Waals surface area (Å²) in [6, 6.07) is 16.3. The molecule has 24 heavy (non-hydrogen) atoms. The Morgan fingerprint density at radius 3 is 2.75 bits per heavy atom. The number of amides is 1. The number of ether oxygens (including phenoxy) is 1. The summed E-state index contributed by atoms with van der Waals surface area (Å²) in [5.41, 5.74) is 2.47. The van der Waals surface area contributed by atoms with Crippen LogP contribution >= 0.6 is 11.8 Å². The fraction of sp³-hybridized carbons (Fsp3) is 0.350. The predicted octanol–water partition coefficient (Wildman–Crippen LogP) is 4.02. The van der Waals surface area contributed by atoms with E-state index in [1.165, 1.54) is 16.0 Å². The highest BCUT2D eigenvalue weighted by Crippen LogP contribution is 2.36. The molecule has 1 heterocycles. The number of benzene rings is 2. The van der Waals surface area contributed by atoms with E-state index in [-0.39, 0.29) is 11.2 Å². The molecule has 126 valence electrons. The Hall–Kier alpha value is -1.94. The molecule has 0 aliphatic carbocycles. The van der Waals surface area contributed by atoms with Gasteiger partial charge in [-0.3, -0.25) is 4.79 Å². The van der Waals surface area contributed by atoms with Crippen molar-refractivity contribution in [3.05, 3.63) is 59.7 Å². The van der Waals surface area contributed by atoms with Crippen LogP contribution in [0.1, 0.15) is 30.9 Å². The summed E-state index contributed by atoms with van der Waals surface area (Å²) in [7, 11) is 0. The lowest BCUT2D eigenvalue weighted by molar-refractivity contribution is -0.120. The molecule has 1 unspecified atom stereocenters. The molecular formula is C20H23NO2S. The zero-order valence-corrected chi connectivity index (χ0v) is 14.9. The minimum atomic E-state index is -0.0228. The number of hydrogen-bond acceptors (Lipinski definition) is 3. The summed E-state index contributed by atoms with van der Waals surface area (Å²) < 4.78 is 5.85. The van der Waals surface area contributed by atoms with Crippen molar-refractivity contribution in [2.75, 3.05) is 13.2 Å². The van der Waals surface area contributed by atoms with Crippen molar-refractivity contribution in [1.29, 1.82) is 0 Å². The average molecular weight is 341 g/mol. The van der Waals surface area contributed by atoms with Crippen LogP contribution in [-0.4, -0.2) is 24.3 Å². The minimum Gasteiger partial charge on any atom is -0.491 e. The number of fused-ring (bicyclic) bond motifs is 1. The van der Waals surface area contributed by atoms with E-state index in [1.54, 1.807) is 11.8 Å². The van der Waals surface area contributed by atoms with Crippen molar-refractivity contribution < 1.29 is 9.53 Å².